The number of carbonyl (C=O) groups excluding carboxylic acids is 1. The summed E-state index contributed by atoms with van der Waals surface area (Å²) in [6, 6.07) is 5.73. The van der Waals surface area contributed by atoms with Crippen LogP contribution in [0.25, 0.3) is 16.8 Å². The van der Waals surface area contributed by atoms with Crippen LogP contribution in [0.4, 0.5) is 11.5 Å². The smallest absolute Gasteiger partial charge is 0.258 e. The molecule has 7 nitrogen and oxygen atoms in total. The van der Waals surface area contributed by atoms with Gasteiger partial charge in [-0.15, -0.1) is 0 Å². The Bertz CT molecular complexity index is 1050. The Balaban J connectivity index is 1.78. The predicted molar refractivity (Wildman–Crippen MR) is 100 cm³/mol. The number of aryl methyl sites for hydroxylation is 2. The van der Waals surface area contributed by atoms with E-state index in [0.29, 0.717) is 17.1 Å². The molecule has 0 bridgehead atoms. The molecule has 0 atom stereocenters. The Morgan fingerprint density at radius 1 is 1.23 bits per heavy atom. The topological polar surface area (TPSA) is 84.7 Å². The molecule has 2 N–H and O–H groups in total. The van der Waals surface area contributed by atoms with Crippen LogP contribution in [-0.4, -0.2) is 25.7 Å². The van der Waals surface area contributed by atoms with E-state index < -0.39 is 0 Å². The van der Waals surface area contributed by atoms with Gasteiger partial charge in [-0.2, -0.15) is 5.10 Å². The number of hydrogen-bond acceptors (Lipinski definition) is 5. The van der Waals surface area contributed by atoms with Crippen LogP contribution >= 0.6 is 0 Å². The molecule has 0 aliphatic carbocycles. The number of allylic oxidation sites excluding steroid dienone is 1. The van der Waals surface area contributed by atoms with Crippen molar-refractivity contribution >= 4 is 23.0 Å². The van der Waals surface area contributed by atoms with Crippen molar-refractivity contribution in [1.29, 1.82) is 0 Å². The molecule has 1 aliphatic heterocycles. The Kier molecular flexibility index (Phi) is 3.76. The van der Waals surface area contributed by atoms with Gasteiger partial charge in [0, 0.05) is 48.5 Å². The number of carbonyl (C=O) groups is 1. The zero-order valence-corrected chi connectivity index (χ0v) is 14.7. The molecular formula is C19H18N6O. The van der Waals surface area contributed by atoms with Crippen molar-refractivity contribution in [2.24, 2.45) is 7.05 Å². The molecule has 1 aliphatic rings. The van der Waals surface area contributed by atoms with E-state index in [1.807, 2.05) is 45.3 Å². The van der Waals surface area contributed by atoms with Crippen molar-refractivity contribution in [3.05, 3.63) is 59.8 Å². The fourth-order valence-electron chi connectivity index (χ4n) is 3.06. The van der Waals surface area contributed by atoms with Crippen LogP contribution in [0.5, 0.6) is 0 Å². The van der Waals surface area contributed by atoms with Crippen molar-refractivity contribution in [2.75, 3.05) is 10.6 Å². The average molecular weight is 346 g/mol. The van der Waals surface area contributed by atoms with E-state index in [9.17, 15) is 4.79 Å². The van der Waals surface area contributed by atoms with Gasteiger partial charge in [0.05, 0.1) is 23.2 Å². The molecule has 0 saturated heterocycles. The van der Waals surface area contributed by atoms with Gasteiger partial charge in [-0.25, -0.2) is 0 Å². The average Bonchev–Trinajstić information content (AvgIpc) is 3.16. The maximum Gasteiger partial charge on any atom is 0.258 e. The Labute approximate surface area is 150 Å². The second-order valence-electron chi connectivity index (χ2n) is 6.26. The molecule has 0 aromatic carbocycles. The summed E-state index contributed by atoms with van der Waals surface area (Å²) >= 11 is 0. The van der Waals surface area contributed by atoms with Gasteiger partial charge in [-0.05, 0) is 31.5 Å². The quantitative estimate of drug-likeness (QED) is 0.712. The van der Waals surface area contributed by atoms with Gasteiger partial charge in [0.1, 0.15) is 0 Å². The largest absolute Gasteiger partial charge is 0.342 e. The van der Waals surface area contributed by atoms with Gasteiger partial charge in [0.15, 0.2) is 5.82 Å². The lowest BCUT2D eigenvalue weighted by Crippen LogP contribution is -2.09. The van der Waals surface area contributed by atoms with E-state index in [-0.39, 0.29) is 5.91 Å². The SMILES string of the molecule is C/C(Nc1ccn(C)n1)=C1/C(=O)Nc2cnc(-c3cnccc3C)cc21. The molecule has 26 heavy (non-hydrogen) atoms. The molecule has 7 heteroatoms. The summed E-state index contributed by atoms with van der Waals surface area (Å²) in [5, 5.41) is 10.4. The standard InChI is InChI=1S/C19H18N6O/c1-11-4-6-20-9-14(11)15-8-13-16(10-21-15)23-19(26)18(13)12(2)22-17-5-7-25(3)24-17/h4-10H,1-3H3,(H,22,24)(H,23,26)/b18-12-. The molecule has 0 saturated carbocycles. The zero-order chi connectivity index (χ0) is 18.3. The van der Waals surface area contributed by atoms with Gasteiger partial charge in [-0.1, -0.05) is 0 Å². The minimum Gasteiger partial charge on any atom is -0.342 e. The van der Waals surface area contributed by atoms with Crippen LogP contribution in [0.1, 0.15) is 18.1 Å². The summed E-state index contributed by atoms with van der Waals surface area (Å²) in [6.45, 7) is 3.88. The second kappa shape index (κ2) is 6.11. The lowest BCUT2D eigenvalue weighted by Gasteiger charge is -2.09. The van der Waals surface area contributed by atoms with E-state index in [4.69, 9.17) is 0 Å². The highest BCUT2D eigenvalue weighted by atomic mass is 16.2. The molecule has 0 spiro atoms. The number of nitrogens with one attached hydrogen (secondary N) is 2. The molecule has 4 heterocycles. The lowest BCUT2D eigenvalue weighted by atomic mass is 10.0. The van der Waals surface area contributed by atoms with Gasteiger partial charge in [-0.3, -0.25) is 19.4 Å². The first-order valence-corrected chi connectivity index (χ1v) is 8.23. The van der Waals surface area contributed by atoms with E-state index in [0.717, 1.165) is 28.1 Å². The minimum absolute atomic E-state index is 0.150. The first kappa shape index (κ1) is 16.0. The number of amides is 1. The maximum absolute atomic E-state index is 12.5. The summed E-state index contributed by atoms with van der Waals surface area (Å²) < 4.78 is 1.70. The van der Waals surface area contributed by atoms with Gasteiger partial charge < -0.3 is 10.6 Å². The fourth-order valence-corrected chi connectivity index (χ4v) is 3.06. The highest BCUT2D eigenvalue weighted by Gasteiger charge is 2.27. The van der Waals surface area contributed by atoms with Crippen LogP contribution in [0.2, 0.25) is 0 Å². The van der Waals surface area contributed by atoms with E-state index in [2.05, 4.69) is 25.7 Å². The number of anilines is 2. The molecule has 3 aromatic heterocycles. The summed E-state index contributed by atoms with van der Waals surface area (Å²) in [5.74, 6) is 0.541. The van der Waals surface area contributed by atoms with Crippen molar-refractivity contribution in [3.8, 4) is 11.3 Å². The van der Waals surface area contributed by atoms with Gasteiger partial charge in [0.25, 0.3) is 5.91 Å². The summed E-state index contributed by atoms with van der Waals surface area (Å²) in [4.78, 5) is 21.2. The molecule has 130 valence electrons. The first-order valence-electron chi connectivity index (χ1n) is 8.23. The van der Waals surface area contributed by atoms with Crippen molar-refractivity contribution < 1.29 is 4.79 Å². The third-order valence-electron chi connectivity index (χ3n) is 4.37. The second-order valence-corrected chi connectivity index (χ2v) is 6.26. The minimum atomic E-state index is -0.150. The first-order chi connectivity index (χ1) is 12.5. The molecule has 3 aromatic rings. The van der Waals surface area contributed by atoms with Crippen LogP contribution in [0, 0.1) is 6.92 Å². The number of nitrogens with zero attached hydrogens (tertiary/aromatic N) is 4. The van der Waals surface area contributed by atoms with Crippen molar-refractivity contribution in [2.45, 2.75) is 13.8 Å². The number of pyridine rings is 2. The van der Waals surface area contributed by atoms with Gasteiger partial charge in [0.2, 0.25) is 0 Å². The Morgan fingerprint density at radius 3 is 2.81 bits per heavy atom. The highest BCUT2D eigenvalue weighted by Crippen LogP contribution is 2.36. The number of rotatable bonds is 3. The Morgan fingerprint density at radius 2 is 2.08 bits per heavy atom. The monoisotopic (exact) mass is 346 g/mol. The maximum atomic E-state index is 12.5. The number of fused-ring (bicyclic) bond motifs is 1. The molecule has 0 radical (unpaired) electrons. The Hall–Kier alpha value is -3.48. The lowest BCUT2D eigenvalue weighted by molar-refractivity contribution is -0.110. The van der Waals surface area contributed by atoms with Crippen LogP contribution in [0.3, 0.4) is 0 Å². The fraction of sp³-hybridized carbons (Fsp3) is 0.158. The van der Waals surface area contributed by atoms with E-state index >= 15 is 0 Å². The van der Waals surface area contributed by atoms with Crippen molar-refractivity contribution in [3.63, 3.8) is 0 Å². The zero-order valence-electron chi connectivity index (χ0n) is 14.7. The molecule has 0 unspecified atom stereocenters. The number of aromatic nitrogens is 4. The third-order valence-corrected chi connectivity index (χ3v) is 4.37. The van der Waals surface area contributed by atoms with E-state index in [1.165, 1.54) is 0 Å². The van der Waals surface area contributed by atoms with E-state index in [1.54, 1.807) is 23.3 Å². The van der Waals surface area contributed by atoms with Crippen LogP contribution in [-0.2, 0) is 11.8 Å². The predicted octanol–water partition coefficient (Wildman–Crippen LogP) is 2.98. The molecular weight excluding hydrogens is 328 g/mol. The molecule has 4 rings (SSSR count). The highest BCUT2D eigenvalue weighted by molar-refractivity contribution is 6.32. The summed E-state index contributed by atoms with van der Waals surface area (Å²) in [5.41, 5.74) is 5.68. The third kappa shape index (κ3) is 2.73. The van der Waals surface area contributed by atoms with Crippen molar-refractivity contribution in [1.82, 2.24) is 19.7 Å². The summed E-state index contributed by atoms with van der Waals surface area (Å²) in [6.07, 6.45) is 7.08. The summed E-state index contributed by atoms with van der Waals surface area (Å²) in [7, 11) is 1.85. The molecule has 1 amide bonds. The normalized spacial score (nSPS) is 14.8. The van der Waals surface area contributed by atoms with Gasteiger partial charge >= 0.3 is 0 Å². The van der Waals surface area contributed by atoms with Crippen LogP contribution in [0.15, 0.2) is 48.7 Å². The van der Waals surface area contributed by atoms with Crippen LogP contribution < -0.4 is 10.6 Å². The molecule has 0 fully saturated rings. The number of hydrogen-bond donors (Lipinski definition) is 2.